The van der Waals surface area contributed by atoms with Crippen LogP contribution in [-0.2, 0) is 11.3 Å². The van der Waals surface area contributed by atoms with Crippen LogP contribution in [0.2, 0.25) is 0 Å². The molecule has 2 aromatic rings. The lowest BCUT2D eigenvalue weighted by molar-refractivity contribution is -0.121. The number of amides is 1. The Kier molecular flexibility index (Phi) is 4.98. The quantitative estimate of drug-likeness (QED) is 0.800. The molecule has 1 aromatic carbocycles. The number of hydrogen-bond donors (Lipinski definition) is 2. The number of carbonyl (C=O) groups is 1. The third-order valence-corrected chi connectivity index (χ3v) is 3.20. The van der Waals surface area contributed by atoms with Gasteiger partial charge in [0.25, 0.3) is 0 Å². The molecule has 0 spiro atoms. The predicted octanol–water partition coefficient (Wildman–Crippen LogP) is 2.29. The van der Waals surface area contributed by atoms with Crippen LogP contribution in [0.4, 0.5) is 5.69 Å². The molecule has 0 aliphatic carbocycles. The van der Waals surface area contributed by atoms with Crippen LogP contribution in [-0.4, -0.2) is 22.2 Å². The van der Waals surface area contributed by atoms with Crippen molar-refractivity contribution < 1.29 is 4.79 Å². The fourth-order valence-corrected chi connectivity index (χ4v) is 2.02. The summed E-state index contributed by atoms with van der Waals surface area (Å²) in [7, 11) is 0. The number of hydrogen-bond acceptors (Lipinski definition) is 3. The zero-order chi connectivity index (χ0) is 15.2. The first-order chi connectivity index (χ1) is 10.0. The highest BCUT2D eigenvalue weighted by Gasteiger charge is 2.06. The van der Waals surface area contributed by atoms with Gasteiger partial charge in [-0.3, -0.25) is 9.48 Å². The zero-order valence-electron chi connectivity index (χ0n) is 12.5. The van der Waals surface area contributed by atoms with Gasteiger partial charge in [-0.05, 0) is 30.0 Å². The summed E-state index contributed by atoms with van der Waals surface area (Å²) in [6.07, 6.45) is 4.59. The fourth-order valence-electron chi connectivity index (χ4n) is 2.02. The van der Waals surface area contributed by atoms with Crippen LogP contribution in [0.15, 0.2) is 36.7 Å². The lowest BCUT2D eigenvalue weighted by atomic mass is 10.1. The van der Waals surface area contributed by atoms with Crippen LogP contribution in [0.5, 0.6) is 0 Å². The second-order valence-corrected chi connectivity index (χ2v) is 5.58. The van der Waals surface area contributed by atoms with E-state index in [4.69, 9.17) is 5.73 Å². The molecule has 112 valence electrons. The van der Waals surface area contributed by atoms with Crippen molar-refractivity contribution in [2.45, 2.75) is 26.8 Å². The minimum atomic E-state index is -0.0159. The van der Waals surface area contributed by atoms with E-state index in [1.807, 2.05) is 30.5 Å². The lowest BCUT2D eigenvalue weighted by Crippen LogP contribution is -2.29. The Morgan fingerprint density at radius 3 is 2.90 bits per heavy atom. The third-order valence-electron chi connectivity index (χ3n) is 3.20. The molecule has 1 amide bonds. The Morgan fingerprint density at radius 2 is 2.19 bits per heavy atom. The smallest absolute Gasteiger partial charge is 0.241 e. The molecular weight excluding hydrogens is 264 g/mol. The van der Waals surface area contributed by atoms with Gasteiger partial charge in [0.05, 0.1) is 6.20 Å². The standard InChI is InChI=1S/C16H22N4O/c1-12(2)6-7-18-16(21)11-20-10-14(9-19-20)13-4-3-5-15(17)8-13/h3-5,8-10,12H,6-7,11,17H2,1-2H3,(H,18,21). The van der Waals surface area contributed by atoms with Gasteiger partial charge in [-0.25, -0.2) is 0 Å². The third kappa shape index (κ3) is 4.63. The number of aromatic nitrogens is 2. The molecule has 0 fully saturated rings. The zero-order valence-corrected chi connectivity index (χ0v) is 12.5. The predicted molar refractivity (Wildman–Crippen MR) is 84.5 cm³/mol. The molecule has 0 aliphatic heterocycles. The summed E-state index contributed by atoms with van der Waals surface area (Å²) < 4.78 is 1.64. The number of carbonyl (C=O) groups excluding carboxylic acids is 1. The van der Waals surface area contributed by atoms with E-state index in [1.54, 1.807) is 10.9 Å². The molecule has 5 heteroatoms. The Hall–Kier alpha value is -2.30. The largest absolute Gasteiger partial charge is 0.399 e. The molecule has 0 radical (unpaired) electrons. The molecule has 0 atom stereocenters. The number of rotatable bonds is 6. The Balaban J connectivity index is 1.93. The van der Waals surface area contributed by atoms with Crippen molar-refractivity contribution in [3.63, 3.8) is 0 Å². The summed E-state index contributed by atoms with van der Waals surface area (Å²) in [6.45, 7) is 5.22. The number of nitrogen functional groups attached to an aromatic ring is 1. The highest BCUT2D eigenvalue weighted by Crippen LogP contribution is 2.20. The molecule has 0 saturated carbocycles. The van der Waals surface area contributed by atoms with Gasteiger partial charge in [-0.2, -0.15) is 5.10 Å². The molecule has 0 bridgehead atoms. The lowest BCUT2D eigenvalue weighted by Gasteiger charge is -2.07. The second-order valence-electron chi connectivity index (χ2n) is 5.58. The van der Waals surface area contributed by atoms with Gasteiger partial charge >= 0.3 is 0 Å². The summed E-state index contributed by atoms with van der Waals surface area (Å²) in [6, 6.07) is 7.61. The first-order valence-corrected chi connectivity index (χ1v) is 7.19. The molecule has 1 aromatic heterocycles. The minimum Gasteiger partial charge on any atom is -0.399 e. The van der Waals surface area contributed by atoms with E-state index in [0.717, 1.165) is 17.5 Å². The van der Waals surface area contributed by atoms with Gasteiger partial charge in [-0.15, -0.1) is 0 Å². The minimum absolute atomic E-state index is 0.0159. The summed E-state index contributed by atoms with van der Waals surface area (Å²) in [5, 5.41) is 7.12. The van der Waals surface area contributed by atoms with Crippen molar-refractivity contribution >= 4 is 11.6 Å². The van der Waals surface area contributed by atoms with Crippen molar-refractivity contribution in [1.29, 1.82) is 0 Å². The van der Waals surface area contributed by atoms with Crippen molar-refractivity contribution in [2.75, 3.05) is 12.3 Å². The van der Waals surface area contributed by atoms with Crippen molar-refractivity contribution in [3.05, 3.63) is 36.7 Å². The maximum atomic E-state index is 11.8. The normalized spacial score (nSPS) is 10.8. The Bertz CT molecular complexity index is 604. The first-order valence-electron chi connectivity index (χ1n) is 7.19. The maximum Gasteiger partial charge on any atom is 0.241 e. The van der Waals surface area contributed by atoms with Gasteiger partial charge < -0.3 is 11.1 Å². The molecular formula is C16H22N4O. The van der Waals surface area contributed by atoms with Crippen LogP contribution in [0.25, 0.3) is 11.1 Å². The molecule has 21 heavy (non-hydrogen) atoms. The van der Waals surface area contributed by atoms with Gasteiger partial charge in [0.2, 0.25) is 5.91 Å². The number of nitrogens with zero attached hydrogens (tertiary/aromatic N) is 2. The molecule has 0 aliphatic rings. The number of nitrogens with one attached hydrogen (secondary N) is 1. The van der Waals surface area contributed by atoms with Crippen LogP contribution >= 0.6 is 0 Å². The van der Waals surface area contributed by atoms with Crippen LogP contribution in [0.3, 0.4) is 0 Å². The van der Waals surface area contributed by atoms with Crippen LogP contribution in [0.1, 0.15) is 20.3 Å². The summed E-state index contributed by atoms with van der Waals surface area (Å²) >= 11 is 0. The van der Waals surface area contributed by atoms with Crippen LogP contribution in [0, 0.1) is 5.92 Å². The van der Waals surface area contributed by atoms with E-state index in [0.29, 0.717) is 18.2 Å². The molecule has 3 N–H and O–H groups in total. The average Bonchev–Trinajstić information content (AvgIpc) is 2.86. The second kappa shape index (κ2) is 6.92. The van der Waals surface area contributed by atoms with Crippen LogP contribution < -0.4 is 11.1 Å². The highest BCUT2D eigenvalue weighted by atomic mass is 16.2. The number of nitrogens with two attached hydrogens (primary N) is 1. The van der Waals surface area contributed by atoms with Crippen molar-refractivity contribution in [1.82, 2.24) is 15.1 Å². The van der Waals surface area contributed by atoms with E-state index < -0.39 is 0 Å². The maximum absolute atomic E-state index is 11.8. The van der Waals surface area contributed by atoms with Crippen molar-refractivity contribution in [2.24, 2.45) is 5.92 Å². The monoisotopic (exact) mass is 286 g/mol. The van der Waals surface area contributed by atoms with E-state index in [2.05, 4.69) is 24.3 Å². The molecule has 1 heterocycles. The van der Waals surface area contributed by atoms with E-state index in [1.165, 1.54) is 0 Å². The fraction of sp³-hybridized carbons (Fsp3) is 0.375. The first kappa shape index (κ1) is 15.1. The van der Waals surface area contributed by atoms with Gasteiger partial charge in [-0.1, -0.05) is 26.0 Å². The van der Waals surface area contributed by atoms with Gasteiger partial charge in [0.15, 0.2) is 0 Å². The van der Waals surface area contributed by atoms with Gasteiger partial charge in [0, 0.05) is 24.0 Å². The number of benzene rings is 1. The number of anilines is 1. The summed E-state index contributed by atoms with van der Waals surface area (Å²) in [5.41, 5.74) is 8.44. The highest BCUT2D eigenvalue weighted by molar-refractivity contribution is 5.75. The van der Waals surface area contributed by atoms with E-state index in [-0.39, 0.29) is 12.5 Å². The van der Waals surface area contributed by atoms with Gasteiger partial charge in [0.1, 0.15) is 6.54 Å². The molecule has 0 saturated heterocycles. The Labute approximate surface area is 125 Å². The van der Waals surface area contributed by atoms with E-state index >= 15 is 0 Å². The Morgan fingerprint density at radius 1 is 1.38 bits per heavy atom. The van der Waals surface area contributed by atoms with E-state index in [9.17, 15) is 4.79 Å². The summed E-state index contributed by atoms with van der Waals surface area (Å²) in [4.78, 5) is 11.8. The van der Waals surface area contributed by atoms with Crippen molar-refractivity contribution in [3.8, 4) is 11.1 Å². The SMILES string of the molecule is CC(C)CCNC(=O)Cn1cc(-c2cccc(N)c2)cn1. The molecule has 0 unspecified atom stereocenters. The summed E-state index contributed by atoms with van der Waals surface area (Å²) in [5.74, 6) is 0.572. The molecule has 2 rings (SSSR count). The average molecular weight is 286 g/mol. The topological polar surface area (TPSA) is 72.9 Å². The molecule has 5 nitrogen and oxygen atoms in total.